The van der Waals surface area contributed by atoms with Gasteiger partial charge in [-0.2, -0.15) is 0 Å². The lowest BCUT2D eigenvalue weighted by atomic mass is 10.3. The van der Waals surface area contributed by atoms with E-state index in [1.807, 2.05) is 6.92 Å². The fraction of sp³-hybridized carbons (Fsp3) is 0.692. The predicted octanol–water partition coefficient (Wildman–Crippen LogP) is 1.41. The van der Waals surface area contributed by atoms with Crippen LogP contribution in [0.1, 0.15) is 25.6 Å². The van der Waals surface area contributed by atoms with Gasteiger partial charge in [0.15, 0.2) is 0 Å². The van der Waals surface area contributed by atoms with E-state index < -0.39 is 0 Å². The van der Waals surface area contributed by atoms with Gasteiger partial charge < -0.3 is 15.5 Å². The van der Waals surface area contributed by atoms with E-state index in [1.54, 1.807) is 0 Å². The first-order chi connectivity index (χ1) is 8.79. The van der Waals surface area contributed by atoms with Crippen molar-refractivity contribution in [3.05, 3.63) is 11.9 Å². The van der Waals surface area contributed by atoms with E-state index in [4.69, 9.17) is 0 Å². The van der Waals surface area contributed by atoms with Crippen LogP contribution < -0.4 is 15.5 Å². The lowest BCUT2D eigenvalue weighted by Crippen LogP contribution is -2.44. The Bertz CT molecular complexity index is 374. The van der Waals surface area contributed by atoms with Crippen LogP contribution in [0.2, 0.25) is 0 Å². The molecule has 1 aliphatic heterocycles. The highest BCUT2D eigenvalue weighted by atomic mass is 15.2. The largest absolute Gasteiger partial charge is 0.370 e. The Balaban J connectivity index is 2.05. The molecule has 100 valence electrons. The molecule has 1 aromatic heterocycles. The van der Waals surface area contributed by atoms with E-state index in [-0.39, 0.29) is 0 Å². The Kier molecular flexibility index (Phi) is 4.75. The zero-order chi connectivity index (χ0) is 12.8. The number of hydrogen-bond acceptors (Lipinski definition) is 5. The first-order valence-corrected chi connectivity index (χ1v) is 6.85. The van der Waals surface area contributed by atoms with Crippen molar-refractivity contribution in [1.29, 1.82) is 0 Å². The molecule has 0 bridgehead atoms. The maximum absolute atomic E-state index is 4.53. The minimum atomic E-state index is 0.838. The fourth-order valence-corrected chi connectivity index (χ4v) is 2.09. The van der Waals surface area contributed by atoms with Crippen molar-refractivity contribution in [3.63, 3.8) is 0 Å². The van der Waals surface area contributed by atoms with Crippen molar-refractivity contribution in [2.24, 2.45) is 0 Å². The van der Waals surface area contributed by atoms with Crippen molar-refractivity contribution in [1.82, 2.24) is 15.3 Å². The molecule has 5 heteroatoms. The van der Waals surface area contributed by atoms with Crippen LogP contribution in [0.15, 0.2) is 6.07 Å². The summed E-state index contributed by atoms with van der Waals surface area (Å²) in [5.74, 6) is 2.83. The number of hydrogen-bond donors (Lipinski definition) is 2. The number of nitrogens with one attached hydrogen (secondary N) is 2. The van der Waals surface area contributed by atoms with Crippen LogP contribution in [0.25, 0.3) is 0 Å². The SMILES string of the molecule is CCCCNc1cc(N2CCNCC2)nc(C)n1. The highest BCUT2D eigenvalue weighted by Crippen LogP contribution is 2.16. The minimum absolute atomic E-state index is 0.838. The maximum Gasteiger partial charge on any atom is 0.134 e. The normalized spacial score (nSPS) is 15.8. The zero-order valence-electron chi connectivity index (χ0n) is 11.4. The van der Waals surface area contributed by atoms with Crippen LogP contribution >= 0.6 is 0 Å². The number of rotatable bonds is 5. The monoisotopic (exact) mass is 249 g/mol. The second kappa shape index (κ2) is 6.54. The third kappa shape index (κ3) is 3.57. The second-order valence-electron chi connectivity index (χ2n) is 4.68. The summed E-state index contributed by atoms with van der Waals surface area (Å²) in [5, 5.41) is 6.73. The zero-order valence-corrected chi connectivity index (χ0v) is 11.4. The van der Waals surface area contributed by atoms with Gasteiger partial charge in [-0.3, -0.25) is 0 Å². The van der Waals surface area contributed by atoms with Gasteiger partial charge in [0.1, 0.15) is 17.5 Å². The molecule has 1 aliphatic rings. The molecule has 18 heavy (non-hydrogen) atoms. The molecule has 1 fully saturated rings. The van der Waals surface area contributed by atoms with Gasteiger partial charge in [-0.1, -0.05) is 13.3 Å². The summed E-state index contributed by atoms with van der Waals surface area (Å²) >= 11 is 0. The first kappa shape index (κ1) is 13.1. The van der Waals surface area contributed by atoms with E-state index in [2.05, 4.69) is 38.5 Å². The van der Waals surface area contributed by atoms with Gasteiger partial charge in [-0.25, -0.2) is 9.97 Å². The average molecular weight is 249 g/mol. The molecule has 0 aromatic carbocycles. The Morgan fingerprint density at radius 3 is 2.83 bits per heavy atom. The summed E-state index contributed by atoms with van der Waals surface area (Å²) in [6.45, 7) is 9.22. The molecule has 1 aromatic rings. The molecule has 2 N–H and O–H groups in total. The maximum atomic E-state index is 4.53. The Hall–Kier alpha value is -1.36. The number of aromatic nitrogens is 2. The topological polar surface area (TPSA) is 53.1 Å². The van der Waals surface area contributed by atoms with Gasteiger partial charge in [-0.15, -0.1) is 0 Å². The predicted molar refractivity (Wildman–Crippen MR) is 75.2 cm³/mol. The van der Waals surface area contributed by atoms with E-state index in [1.165, 1.54) is 12.8 Å². The molecule has 0 amide bonds. The summed E-state index contributed by atoms with van der Waals surface area (Å²) < 4.78 is 0. The summed E-state index contributed by atoms with van der Waals surface area (Å²) in [5.41, 5.74) is 0. The van der Waals surface area contributed by atoms with Gasteiger partial charge in [0.25, 0.3) is 0 Å². The number of nitrogens with zero attached hydrogens (tertiary/aromatic N) is 3. The van der Waals surface area contributed by atoms with Crippen LogP contribution in [0.4, 0.5) is 11.6 Å². The van der Waals surface area contributed by atoms with Gasteiger partial charge in [-0.05, 0) is 13.3 Å². The lowest BCUT2D eigenvalue weighted by molar-refractivity contribution is 0.584. The van der Waals surface area contributed by atoms with Crippen LogP contribution in [-0.4, -0.2) is 42.7 Å². The Morgan fingerprint density at radius 2 is 2.11 bits per heavy atom. The quantitative estimate of drug-likeness (QED) is 0.773. The third-order valence-corrected chi connectivity index (χ3v) is 3.10. The molecule has 2 rings (SSSR count). The van der Waals surface area contributed by atoms with Crippen LogP contribution in [0.3, 0.4) is 0 Å². The van der Waals surface area contributed by atoms with Crippen molar-refractivity contribution in [2.45, 2.75) is 26.7 Å². The Labute approximate surface area is 109 Å². The third-order valence-electron chi connectivity index (χ3n) is 3.10. The van der Waals surface area contributed by atoms with Gasteiger partial charge in [0.05, 0.1) is 0 Å². The van der Waals surface area contributed by atoms with E-state index in [9.17, 15) is 0 Å². The molecule has 0 aliphatic carbocycles. The molecule has 0 atom stereocenters. The van der Waals surface area contributed by atoms with E-state index in [0.717, 1.165) is 50.2 Å². The lowest BCUT2D eigenvalue weighted by Gasteiger charge is -2.28. The molecule has 1 saturated heterocycles. The number of piperazine rings is 1. The minimum Gasteiger partial charge on any atom is -0.370 e. The molecule has 0 spiro atoms. The standard InChI is InChI=1S/C13H23N5/c1-3-4-5-15-12-10-13(17-11(2)16-12)18-8-6-14-7-9-18/h10,14H,3-9H2,1-2H3,(H,15,16,17). The van der Waals surface area contributed by atoms with Gasteiger partial charge in [0.2, 0.25) is 0 Å². The first-order valence-electron chi connectivity index (χ1n) is 6.85. The molecular formula is C13H23N5. The highest BCUT2D eigenvalue weighted by molar-refractivity contribution is 5.49. The van der Waals surface area contributed by atoms with Crippen molar-refractivity contribution < 1.29 is 0 Å². The average Bonchev–Trinajstić information content (AvgIpc) is 2.39. The van der Waals surface area contributed by atoms with E-state index >= 15 is 0 Å². The van der Waals surface area contributed by atoms with Gasteiger partial charge in [0, 0.05) is 38.8 Å². The van der Waals surface area contributed by atoms with Crippen LogP contribution in [0.5, 0.6) is 0 Å². The Morgan fingerprint density at radius 1 is 1.33 bits per heavy atom. The van der Waals surface area contributed by atoms with Crippen molar-refractivity contribution in [2.75, 3.05) is 42.9 Å². The number of anilines is 2. The van der Waals surface area contributed by atoms with Crippen molar-refractivity contribution >= 4 is 11.6 Å². The number of aryl methyl sites for hydroxylation is 1. The molecule has 0 radical (unpaired) electrons. The highest BCUT2D eigenvalue weighted by Gasteiger charge is 2.13. The smallest absolute Gasteiger partial charge is 0.134 e. The molecule has 5 nitrogen and oxygen atoms in total. The van der Waals surface area contributed by atoms with Gasteiger partial charge >= 0.3 is 0 Å². The van der Waals surface area contributed by atoms with Crippen LogP contribution in [0, 0.1) is 6.92 Å². The number of unbranched alkanes of at least 4 members (excludes halogenated alkanes) is 1. The summed E-state index contributed by atoms with van der Waals surface area (Å²) in [7, 11) is 0. The summed E-state index contributed by atoms with van der Waals surface area (Å²) in [6, 6.07) is 2.06. The molecule has 0 unspecified atom stereocenters. The molecule has 2 heterocycles. The fourth-order valence-electron chi connectivity index (χ4n) is 2.09. The summed E-state index contributed by atoms with van der Waals surface area (Å²) in [4.78, 5) is 11.3. The summed E-state index contributed by atoms with van der Waals surface area (Å²) in [6.07, 6.45) is 2.37. The van der Waals surface area contributed by atoms with Crippen molar-refractivity contribution in [3.8, 4) is 0 Å². The second-order valence-corrected chi connectivity index (χ2v) is 4.68. The molecular weight excluding hydrogens is 226 g/mol. The molecule has 0 saturated carbocycles. The van der Waals surface area contributed by atoms with Crippen LogP contribution in [-0.2, 0) is 0 Å². The van der Waals surface area contributed by atoms with E-state index in [0.29, 0.717) is 0 Å².